The second-order valence-corrected chi connectivity index (χ2v) is 4.51. The first-order valence-electron chi connectivity index (χ1n) is 5.36. The average Bonchev–Trinajstić information content (AvgIpc) is 2.88. The summed E-state index contributed by atoms with van der Waals surface area (Å²) in [5.41, 5.74) is 6.19. The predicted octanol–water partition coefficient (Wildman–Crippen LogP) is 1.93. The van der Waals surface area contributed by atoms with E-state index in [1.807, 2.05) is 0 Å². The molecule has 8 heteroatoms. The van der Waals surface area contributed by atoms with Crippen molar-refractivity contribution >= 4 is 34.8 Å². The molecule has 1 amide bonds. The number of hydrogen-bond donors (Lipinski definition) is 2. The topological polar surface area (TPSA) is 94.0 Å². The fourth-order valence-electron chi connectivity index (χ4n) is 1.41. The van der Waals surface area contributed by atoms with Gasteiger partial charge in [-0.15, -0.1) is 0 Å². The van der Waals surface area contributed by atoms with Gasteiger partial charge >= 0.3 is 0 Å². The van der Waals surface area contributed by atoms with Gasteiger partial charge in [-0.25, -0.2) is 0 Å². The van der Waals surface area contributed by atoms with Crippen LogP contribution in [-0.2, 0) is 6.42 Å². The largest absolute Gasteiger partial charge is 0.396 e. The van der Waals surface area contributed by atoms with Gasteiger partial charge in [-0.05, 0) is 12.1 Å². The van der Waals surface area contributed by atoms with Crippen molar-refractivity contribution < 1.29 is 9.32 Å². The number of hydrogen-bond acceptors (Lipinski definition) is 5. The van der Waals surface area contributed by atoms with Crippen LogP contribution in [0.4, 0.5) is 5.69 Å². The Morgan fingerprint density at radius 3 is 2.63 bits per heavy atom. The molecule has 0 saturated carbocycles. The summed E-state index contributed by atoms with van der Waals surface area (Å²) in [5, 5.41) is 6.64. The number of carbonyl (C=O) groups excluding carboxylic acids is 1. The minimum absolute atomic E-state index is 0.245. The molecular formula is C11H10Cl2N4O2. The number of nitrogens with two attached hydrogens (primary N) is 1. The van der Waals surface area contributed by atoms with E-state index in [0.29, 0.717) is 24.4 Å². The SMILES string of the molecule is Nc1c(Cl)cc(C(=O)NCCc2ncno2)cc1Cl. The van der Waals surface area contributed by atoms with Crippen LogP contribution in [0.25, 0.3) is 0 Å². The zero-order valence-corrected chi connectivity index (χ0v) is 11.2. The number of nitrogens with one attached hydrogen (secondary N) is 1. The average molecular weight is 301 g/mol. The molecule has 0 spiro atoms. The van der Waals surface area contributed by atoms with Crippen LogP contribution < -0.4 is 11.1 Å². The standard InChI is InChI=1S/C11H10Cl2N4O2/c12-7-3-6(4-8(13)10(7)14)11(18)15-2-1-9-16-5-17-19-9/h3-5H,1-2,14H2,(H,15,18). The van der Waals surface area contributed by atoms with Gasteiger partial charge in [0.2, 0.25) is 5.89 Å². The molecule has 1 heterocycles. The first kappa shape index (κ1) is 13.6. The van der Waals surface area contributed by atoms with Crippen LogP contribution in [0.2, 0.25) is 10.0 Å². The van der Waals surface area contributed by atoms with Crippen LogP contribution in [0.5, 0.6) is 0 Å². The van der Waals surface area contributed by atoms with Gasteiger partial charge in [-0.3, -0.25) is 4.79 Å². The molecule has 0 atom stereocenters. The Morgan fingerprint density at radius 2 is 2.05 bits per heavy atom. The monoisotopic (exact) mass is 300 g/mol. The molecule has 0 aliphatic carbocycles. The van der Waals surface area contributed by atoms with Crippen LogP contribution in [0.15, 0.2) is 23.0 Å². The number of amides is 1. The number of nitrogen functional groups attached to an aromatic ring is 1. The lowest BCUT2D eigenvalue weighted by molar-refractivity contribution is 0.0953. The van der Waals surface area contributed by atoms with Crippen molar-refractivity contribution in [2.75, 3.05) is 12.3 Å². The van der Waals surface area contributed by atoms with Crippen LogP contribution in [0, 0.1) is 0 Å². The highest BCUT2D eigenvalue weighted by Gasteiger charge is 2.11. The first-order chi connectivity index (χ1) is 9.08. The maximum atomic E-state index is 11.9. The summed E-state index contributed by atoms with van der Waals surface area (Å²) in [6.45, 7) is 0.362. The van der Waals surface area contributed by atoms with E-state index < -0.39 is 0 Å². The molecule has 1 aromatic heterocycles. The van der Waals surface area contributed by atoms with Gasteiger partial charge in [0.05, 0.1) is 15.7 Å². The maximum absolute atomic E-state index is 11.9. The van der Waals surface area contributed by atoms with Crippen LogP contribution in [-0.4, -0.2) is 22.6 Å². The molecule has 2 rings (SSSR count). The van der Waals surface area contributed by atoms with Crippen molar-refractivity contribution in [2.45, 2.75) is 6.42 Å². The molecule has 1 aromatic carbocycles. The van der Waals surface area contributed by atoms with Gasteiger partial charge in [0.1, 0.15) is 0 Å². The summed E-state index contributed by atoms with van der Waals surface area (Å²) in [7, 11) is 0. The Balaban J connectivity index is 1.96. The lowest BCUT2D eigenvalue weighted by atomic mass is 10.2. The molecule has 0 radical (unpaired) electrons. The first-order valence-corrected chi connectivity index (χ1v) is 6.12. The lowest BCUT2D eigenvalue weighted by Gasteiger charge is -2.07. The van der Waals surface area contributed by atoms with E-state index in [2.05, 4.69) is 15.5 Å². The van der Waals surface area contributed by atoms with E-state index in [1.54, 1.807) is 0 Å². The highest BCUT2D eigenvalue weighted by atomic mass is 35.5. The van der Waals surface area contributed by atoms with Crippen molar-refractivity contribution in [3.8, 4) is 0 Å². The Hall–Kier alpha value is -1.79. The zero-order valence-electron chi connectivity index (χ0n) is 9.69. The highest BCUT2D eigenvalue weighted by Crippen LogP contribution is 2.28. The van der Waals surface area contributed by atoms with Gasteiger partial charge in [-0.2, -0.15) is 4.98 Å². The summed E-state index contributed by atoms with van der Waals surface area (Å²) in [6, 6.07) is 2.93. The Kier molecular flexibility index (Phi) is 4.24. The van der Waals surface area contributed by atoms with Crippen LogP contribution >= 0.6 is 23.2 Å². The minimum atomic E-state index is -0.302. The Bertz CT molecular complexity index is 563. The Morgan fingerprint density at radius 1 is 1.37 bits per heavy atom. The molecule has 0 aliphatic heterocycles. The fourth-order valence-corrected chi connectivity index (χ4v) is 1.89. The Labute approximate surface area is 118 Å². The molecule has 0 fully saturated rings. The lowest BCUT2D eigenvalue weighted by Crippen LogP contribution is -2.25. The normalized spacial score (nSPS) is 10.4. The number of carbonyl (C=O) groups is 1. The molecule has 19 heavy (non-hydrogen) atoms. The minimum Gasteiger partial charge on any atom is -0.396 e. The molecule has 0 unspecified atom stereocenters. The molecule has 100 valence electrons. The van der Waals surface area contributed by atoms with E-state index in [4.69, 9.17) is 33.5 Å². The van der Waals surface area contributed by atoms with Gasteiger partial charge in [0.15, 0.2) is 6.33 Å². The van der Waals surface area contributed by atoms with E-state index in [1.165, 1.54) is 18.5 Å². The van der Waals surface area contributed by atoms with E-state index in [-0.39, 0.29) is 21.6 Å². The molecule has 0 bridgehead atoms. The van der Waals surface area contributed by atoms with E-state index in [9.17, 15) is 4.79 Å². The third-order valence-electron chi connectivity index (χ3n) is 2.37. The molecular weight excluding hydrogens is 291 g/mol. The predicted molar refractivity (Wildman–Crippen MR) is 71.2 cm³/mol. The van der Waals surface area contributed by atoms with Crippen molar-refractivity contribution in [3.05, 3.63) is 40.0 Å². The van der Waals surface area contributed by atoms with Gasteiger partial charge in [0, 0.05) is 18.5 Å². The summed E-state index contributed by atoms with van der Waals surface area (Å²) in [6.07, 6.45) is 1.75. The summed E-state index contributed by atoms with van der Waals surface area (Å²) >= 11 is 11.7. The van der Waals surface area contributed by atoms with Gasteiger partial charge in [-0.1, -0.05) is 28.4 Å². The number of rotatable bonds is 4. The molecule has 0 aliphatic rings. The number of benzene rings is 1. The number of anilines is 1. The van der Waals surface area contributed by atoms with E-state index in [0.717, 1.165) is 0 Å². The van der Waals surface area contributed by atoms with Crippen molar-refractivity contribution in [1.29, 1.82) is 0 Å². The zero-order chi connectivity index (χ0) is 13.8. The van der Waals surface area contributed by atoms with Crippen molar-refractivity contribution in [1.82, 2.24) is 15.5 Å². The second-order valence-electron chi connectivity index (χ2n) is 3.69. The highest BCUT2D eigenvalue weighted by molar-refractivity contribution is 6.39. The fraction of sp³-hybridized carbons (Fsp3) is 0.182. The summed E-state index contributed by atoms with van der Waals surface area (Å²) in [5.74, 6) is 0.150. The molecule has 3 N–H and O–H groups in total. The third kappa shape index (κ3) is 3.36. The molecule has 2 aromatic rings. The third-order valence-corrected chi connectivity index (χ3v) is 3.00. The quantitative estimate of drug-likeness (QED) is 0.841. The summed E-state index contributed by atoms with van der Waals surface area (Å²) < 4.78 is 4.80. The summed E-state index contributed by atoms with van der Waals surface area (Å²) in [4.78, 5) is 15.7. The van der Waals surface area contributed by atoms with E-state index >= 15 is 0 Å². The van der Waals surface area contributed by atoms with Gasteiger partial charge < -0.3 is 15.6 Å². The van der Waals surface area contributed by atoms with Crippen LogP contribution in [0.1, 0.15) is 16.2 Å². The smallest absolute Gasteiger partial charge is 0.251 e. The van der Waals surface area contributed by atoms with Crippen molar-refractivity contribution in [2.24, 2.45) is 0 Å². The molecule has 6 nitrogen and oxygen atoms in total. The molecule has 0 saturated heterocycles. The number of nitrogens with zero attached hydrogens (tertiary/aromatic N) is 2. The van der Waals surface area contributed by atoms with Crippen LogP contribution in [0.3, 0.4) is 0 Å². The van der Waals surface area contributed by atoms with Crippen molar-refractivity contribution in [3.63, 3.8) is 0 Å². The second kappa shape index (κ2) is 5.90. The van der Waals surface area contributed by atoms with Gasteiger partial charge in [0.25, 0.3) is 5.91 Å². The number of aromatic nitrogens is 2. The number of halogens is 2. The maximum Gasteiger partial charge on any atom is 0.251 e.